The number of rotatable bonds is 8. The second kappa shape index (κ2) is 11.2. The zero-order valence-corrected chi connectivity index (χ0v) is 20.9. The second-order valence-electron chi connectivity index (χ2n) is 7.48. The van der Waals surface area contributed by atoms with Crippen LogP contribution >= 0.6 is 23.4 Å². The average molecular weight is 508 g/mol. The first-order valence-corrected chi connectivity index (χ1v) is 12.0. The number of ether oxygens (including phenoxy) is 1. The molecule has 0 saturated heterocycles. The molecule has 2 heterocycles. The minimum atomic E-state index is -0.683. The highest BCUT2D eigenvalue weighted by Gasteiger charge is 2.24. The minimum absolute atomic E-state index is 0.178. The van der Waals surface area contributed by atoms with Crippen molar-refractivity contribution in [3.63, 3.8) is 0 Å². The number of benzene rings is 2. The Kier molecular flexibility index (Phi) is 7.84. The molecule has 0 spiro atoms. The van der Waals surface area contributed by atoms with Gasteiger partial charge < -0.3 is 14.1 Å². The predicted octanol–water partition coefficient (Wildman–Crippen LogP) is 6.58. The van der Waals surface area contributed by atoms with E-state index in [4.69, 9.17) is 25.7 Å². The molecular weight excluding hydrogens is 486 g/mol. The average Bonchev–Trinajstić information content (AvgIpc) is 3.27. The number of hydrogen-bond donors (Lipinski definition) is 0. The van der Waals surface area contributed by atoms with Crippen molar-refractivity contribution in [3.05, 3.63) is 94.3 Å². The van der Waals surface area contributed by atoms with E-state index in [1.54, 1.807) is 63.2 Å². The van der Waals surface area contributed by atoms with Gasteiger partial charge in [-0.25, -0.2) is 9.78 Å². The molecule has 0 saturated carbocycles. The summed E-state index contributed by atoms with van der Waals surface area (Å²) in [6, 6.07) is 18.5. The van der Waals surface area contributed by atoms with Gasteiger partial charge >= 0.3 is 5.97 Å². The fraction of sp³-hybridized carbons (Fsp3) is 0.154. The van der Waals surface area contributed by atoms with Gasteiger partial charge in [0.2, 0.25) is 0 Å². The molecule has 2 aromatic carbocycles. The number of methoxy groups -OCH3 is 1. The zero-order valence-electron chi connectivity index (χ0n) is 19.3. The van der Waals surface area contributed by atoms with Crippen molar-refractivity contribution in [1.82, 2.24) is 10.1 Å². The smallest absolute Gasteiger partial charge is 0.371 e. The molecule has 178 valence electrons. The Hall–Kier alpha value is -3.62. The van der Waals surface area contributed by atoms with Crippen LogP contribution in [0.1, 0.15) is 34.2 Å². The summed E-state index contributed by atoms with van der Waals surface area (Å²) in [5.41, 5.74) is 3.35. The molecule has 0 unspecified atom stereocenters. The third-order valence-electron chi connectivity index (χ3n) is 5.17. The maximum absolute atomic E-state index is 12.9. The van der Waals surface area contributed by atoms with E-state index >= 15 is 0 Å². The fourth-order valence-corrected chi connectivity index (χ4v) is 4.42. The van der Waals surface area contributed by atoms with Crippen LogP contribution in [0, 0.1) is 6.92 Å². The van der Waals surface area contributed by atoms with Crippen molar-refractivity contribution in [3.8, 4) is 17.0 Å². The number of carbonyl (C=O) groups excluding carboxylic acids is 1. The van der Waals surface area contributed by atoms with Crippen LogP contribution in [0.2, 0.25) is 5.02 Å². The molecular formula is C26H22ClN3O4S. The van der Waals surface area contributed by atoms with Crippen molar-refractivity contribution >= 4 is 35.0 Å². The number of pyridine rings is 1. The molecule has 0 aliphatic carbocycles. The largest absolute Gasteiger partial charge is 0.496 e. The fourth-order valence-electron chi connectivity index (χ4n) is 3.36. The van der Waals surface area contributed by atoms with Gasteiger partial charge in [-0.1, -0.05) is 46.2 Å². The van der Waals surface area contributed by atoms with Crippen LogP contribution in [0.15, 0.2) is 81.6 Å². The molecule has 0 atom stereocenters. The third kappa shape index (κ3) is 5.72. The van der Waals surface area contributed by atoms with Gasteiger partial charge in [0.1, 0.15) is 22.8 Å². The van der Waals surface area contributed by atoms with Crippen LogP contribution < -0.4 is 4.74 Å². The van der Waals surface area contributed by atoms with Crippen LogP contribution in [0.3, 0.4) is 0 Å². The summed E-state index contributed by atoms with van der Waals surface area (Å²) < 4.78 is 10.7. The molecule has 7 nitrogen and oxygen atoms in total. The summed E-state index contributed by atoms with van der Waals surface area (Å²) in [5.74, 6) is 1.04. The lowest BCUT2D eigenvalue weighted by molar-refractivity contribution is 0.0515. The quantitative estimate of drug-likeness (QED) is 0.115. The number of aromatic nitrogens is 2. The summed E-state index contributed by atoms with van der Waals surface area (Å²) in [6.45, 7) is 3.40. The lowest BCUT2D eigenvalue weighted by Crippen LogP contribution is -2.06. The van der Waals surface area contributed by atoms with Gasteiger partial charge in [-0.3, -0.25) is 0 Å². The number of oxime groups is 1. The first-order valence-electron chi connectivity index (χ1n) is 10.7. The summed E-state index contributed by atoms with van der Waals surface area (Å²) >= 11 is 7.88. The number of halogens is 1. The van der Waals surface area contributed by atoms with E-state index < -0.39 is 5.97 Å². The lowest BCUT2D eigenvalue weighted by Gasteiger charge is -2.10. The molecule has 0 N–H and O–H groups in total. The van der Waals surface area contributed by atoms with E-state index in [0.29, 0.717) is 33.5 Å². The number of hydrogen-bond acceptors (Lipinski definition) is 8. The Bertz CT molecular complexity index is 1370. The highest BCUT2D eigenvalue weighted by atomic mass is 35.5. The molecule has 0 aliphatic rings. The van der Waals surface area contributed by atoms with Crippen molar-refractivity contribution in [2.75, 3.05) is 7.11 Å². The molecule has 0 bridgehead atoms. The monoisotopic (exact) mass is 507 g/mol. The van der Waals surface area contributed by atoms with E-state index in [1.165, 1.54) is 0 Å². The van der Waals surface area contributed by atoms with E-state index in [-0.39, 0.29) is 5.56 Å². The minimum Gasteiger partial charge on any atom is -0.496 e. The highest BCUT2D eigenvalue weighted by Crippen LogP contribution is 2.32. The first kappa shape index (κ1) is 24.5. The van der Waals surface area contributed by atoms with Gasteiger partial charge in [0.25, 0.3) is 0 Å². The Labute approximate surface area is 212 Å². The molecule has 0 fully saturated rings. The molecule has 0 aliphatic heterocycles. The first-order chi connectivity index (χ1) is 17.0. The van der Waals surface area contributed by atoms with E-state index in [0.717, 1.165) is 21.9 Å². The molecule has 9 heteroatoms. The van der Waals surface area contributed by atoms with E-state index in [2.05, 4.69) is 15.3 Å². The maximum Gasteiger partial charge on any atom is 0.371 e. The van der Waals surface area contributed by atoms with Crippen LogP contribution in [0.25, 0.3) is 11.3 Å². The topological polar surface area (TPSA) is 86.8 Å². The Morgan fingerprint density at radius 3 is 2.69 bits per heavy atom. The van der Waals surface area contributed by atoms with Crippen LogP contribution in [-0.4, -0.2) is 28.9 Å². The second-order valence-corrected chi connectivity index (χ2v) is 8.88. The Morgan fingerprint density at radius 1 is 1.14 bits per heavy atom. The van der Waals surface area contributed by atoms with E-state index in [9.17, 15) is 4.79 Å². The summed E-state index contributed by atoms with van der Waals surface area (Å²) in [7, 11) is 1.63. The SMILES string of the molecule is COc1ccc(/C(C)=N/OC(=O)c2c(-c3ccccc3Cl)noc2C)cc1CSc1ccccn1. The molecule has 4 rings (SSSR count). The molecule has 0 radical (unpaired) electrons. The van der Waals surface area contributed by atoms with Crippen molar-refractivity contribution in [1.29, 1.82) is 0 Å². The lowest BCUT2D eigenvalue weighted by atomic mass is 10.1. The molecule has 2 aromatic heterocycles. The number of carbonyl (C=O) groups is 1. The third-order valence-corrected chi connectivity index (χ3v) is 6.49. The highest BCUT2D eigenvalue weighted by molar-refractivity contribution is 7.98. The summed E-state index contributed by atoms with van der Waals surface area (Å²) in [5, 5.41) is 9.43. The zero-order chi connectivity index (χ0) is 24.8. The normalized spacial score (nSPS) is 11.4. The van der Waals surface area contributed by atoms with Gasteiger partial charge in [-0.05, 0) is 55.8 Å². The van der Waals surface area contributed by atoms with Crippen LogP contribution in [0.5, 0.6) is 5.75 Å². The Balaban J connectivity index is 1.53. The van der Waals surface area contributed by atoms with Gasteiger partial charge in [-0.15, -0.1) is 11.8 Å². The molecule has 4 aromatic rings. The number of thioether (sulfide) groups is 1. The molecule has 35 heavy (non-hydrogen) atoms. The van der Waals surface area contributed by atoms with Crippen molar-refractivity contribution < 1.29 is 18.9 Å². The van der Waals surface area contributed by atoms with Crippen molar-refractivity contribution in [2.45, 2.75) is 24.6 Å². The van der Waals surface area contributed by atoms with Gasteiger partial charge in [0.05, 0.1) is 22.9 Å². The van der Waals surface area contributed by atoms with Crippen LogP contribution in [-0.2, 0) is 10.6 Å². The number of aryl methyl sites for hydroxylation is 1. The molecule has 0 amide bonds. The standard InChI is InChI=1S/C26H22ClN3O4S/c1-16(18-11-12-22(32-3)19(14-18)15-35-23-10-6-7-13-28-23)29-34-26(31)24-17(2)33-30-25(24)20-8-4-5-9-21(20)27/h4-14H,15H2,1-3H3/b29-16+. The van der Waals surface area contributed by atoms with Gasteiger partial charge in [0.15, 0.2) is 0 Å². The summed E-state index contributed by atoms with van der Waals surface area (Å²) in [4.78, 5) is 22.5. The van der Waals surface area contributed by atoms with Gasteiger partial charge in [0, 0.05) is 23.1 Å². The van der Waals surface area contributed by atoms with E-state index in [1.807, 2.05) is 36.4 Å². The predicted molar refractivity (Wildman–Crippen MR) is 136 cm³/mol. The summed E-state index contributed by atoms with van der Waals surface area (Å²) in [6.07, 6.45) is 1.76. The van der Waals surface area contributed by atoms with Crippen molar-refractivity contribution in [2.24, 2.45) is 5.16 Å². The maximum atomic E-state index is 12.9. The van der Waals surface area contributed by atoms with Crippen LogP contribution in [0.4, 0.5) is 0 Å². The Morgan fingerprint density at radius 2 is 1.94 bits per heavy atom. The van der Waals surface area contributed by atoms with Gasteiger partial charge in [-0.2, -0.15) is 0 Å². The number of nitrogens with zero attached hydrogens (tertiary/aromatic N) is 3.